The Labute approximate surface area is 136 Å². The molecule has 0 bridgehead atoms. The number of benzene rings is 2. The highest BCUT2D eigenvalue weighted by molar-refractivity contribution is 5.88. The summed E-state index contributed by atoms with van der Waals surface area (Å²) in [4.78, 5) is 6.76. The summed E-state index contributed by atoms with van der Waals surface area (Å²) in [5.41, 5.74) is 2.14. The minimum atomic E-state index is 0.0531. The van der Waals surface area contributed by atoms with E-state index < -0.39 is 0 Å². The van der Waals surface area contributed by atoms with Gasteiger partial charge < -0.3 is 5.11 Å². The van der Waals surface area contributed by atoms with Crippen LogP contribution in [0.5, 0.6) is 5.75 Å². The van der Waals surface area contributed by atoms with E-state index in [0.29, 0.717) is 5.75 Å². The number of aromatic hydroxyl groups is 1. The monoisotopic (exact) mass is 304 g/mol. The van der Waals surface area contributed by atoms with Crippen molar-refractivity contribution in [1.82, 2.24) is 9.88 Å². The van der Waals surface area contributed by atoms with Gasteiger partial charge in [0, 0.05) is 18.0 Å². The summed E-state index contributed by atoms with van der Waals surface area (Å²) in [6.07, 6.45) is 6.14. The molecular formula is C20H20N2O. The number of hydrogen-bond acceptors (Lipinski definition) is 3. The Kier molecular flexibility index (Phi) is 3.72. The van der Waals surface area contributed by atoms with Crippen LogP contribution in [0.15, 0.2) is 60.9 Å². The Morgan fingerprint density at radius 2 is 1.78 bits per heavy atom. The van der Waals surface area contributed by atoms with Gasteiger partial charge in [-0.25, -0.2) is 0 Å². The Balaban J connectivity index is 1.95. The van der Waals surface area contributed by atoms with Crippen molar-refractivity contribution < 1.29 is 5.11 Å². The number of phenolic OH excluding ortho intramolecular Hbond substituents is 1. The molecule has 116 valence electrons. The van der Waals surface area contributed by atoms with Gasteiger partial charge in [0.1, 0.15) is 5.75 Å². The number of hydrogen-bond donors (Lipinski definition) is 1. The van der Waals surface area contributed by atoms with Crippen LogP contribution in [0.3, 0.4) is 0 Å². The number of phenols is 1. The van der Waals surface area contributed by atoms with Gasteiger partial charge >= 0.3 is 0 Å². The SMILES string of the molecule is Oc1ccc2ccccc2c1[C@@H](c1cccnc1)N1CCCC1. The van der Waals surface area contributed by atoms with E-state index >= 15 is 0 Å². The highest BCUT2D eigenvalue weighted by Crippen LogP contribution is 2.40. The van der Waals surface area contributed by atoms with E-state index in [9.17, 15) is 5.11 Å². The number of aromatic nitrogens is 1. The molecule has 2 heterocycles. The predicted octanol–water partition coefficient (Wildman–Crippen LogP) is 4.13. The van der Waals surface area contributed by atoms with E-state index in [0.717, 1.165) is 35.0 Å². The third-order valence-electron chi connectivity index (χ3n) is 4.73. The molecule has 3 heteroatoms. The van der Waals surface area contributed by atoms with Crippen LogP contribution in [-0.2, 0) is 0 Å². The van der Waals surface area contributed by atoms with E-state index in [2.05, 4.69) is 28.1 Å². The van der Waals surface area contributed by atoms with Crippen molar-refractivity contribution in [3.05, 3.63) is 72.1 Å². The maximum absolute atomic E-state index is 10.7. The molecule has 2 aromatic carbocycles. The lowest BCUT2D eigenvalue weighted by molar-refractivity contribution is 0.276. The van der Waals surface area contributed by atoms with Crippen LogP contribution in [0.2, 0.25) is 0 Å². The zero-order chi connectivity index (χ0) is 15.6. The molecule has 3 aromatic rings. The van der Waals surface area contributed by atoms with Gasteiger partial charge in [0.15, 0.2) is 0 Å². The standard InChI is InChI=1S/C20H20N2O/c23-18-10-9-15-6-1-2-8-17(15)19(18)20(22-12-3-4-13-22)16-7-5-11-21-14-16/h1-2,5-11,14,20,23H,3-4,12-13H2/t20-/m1/s1. The fourth-order valence-electron chi connectivity index (χ4n) is 3.67. The summed E-state index contributed by atoms with van der Waals surface area (Å²) in [5.74, 6) is 0.365. The number of likely N-dealkylation sites (tertiary alicyclic amines) is 1. The van der Waals surface area contributed by atoms with Crippen molar-refractivity contribution in [3.8, 4) is 5.75 Å². The van der Waals surface area contributed by atoms with E-state index in [4.69, 9.17) is 0 Å². The largest absolute Gasteiger partial charge is 0.508 e. The van der Waals surface area contributed by atoms with Crippen LogP contribution in [0.4, 0.5) is 0 Å². The molecule has 1 saturated heterocycles. The lowest BCUT2D eigenvalue weighted by Gasteiger charge is -2.29. The lowest BCUT2D eigenvalue weighted by atomic mass is 9.92. The summed E-state index contributed by atoms with van der Waals surface area (Å²) in [6, 6.07) is 16.2. The second-order valence-corrected chi connectivity index (χ2v) is 6.15. The number of rotatable bonds is 3. The Bertz CT molecular complexity index is 810. The zero-order valence-electron chi connectivity index (χ0n) is 13.0. The molecule has 1 N–H and O–H groups in total. The molecule has 1 aromatic heterocycles. The molecule has 1 aliphatic rings. The molecule has 23 heavy (non-hydrogen) atoms. The molecule has 0 spiro atoms. The molecule has 0 aliphatic carbocycles. The smallest absolute Gasteiger partial charge is 0.121 e. The molecule has 1 aliphatic heterocycles. The first-order chi connectivity index (χ1) is 11.3. The zero-order valence-corrected chi connectivity index (χ0v) is 13.0. The molecule has 1 fully saturated rings. The summed E-state index contributed by atoms with van der Waals surface area (Å²) in [5, 5.41) is 12.9. The van der Waals surface area contributed by atoms with E-state index in [-0.39, 0.29) is 6.04 Å². The van der Waals surface area contributed by atoms with Crippen molar-refractivity contribution in [3.63, 3.8) is 0 Å². The molecule has 3 nitrogen and oxygen atoms in total. The van der Waals surface area contributed by atoms with Crippen molar-refractivity contribution in [2.45, 2.75) is 18.9 Å². The number of fused-ring (bicyclic) bond motifs is 1. The highest BCUT2D eigenvalue weighted by Gasteiger charge is 2.28. The van der Waals surface area contributed by atoms with E-state index in [1.807, 2.05) is 36.5 Å². The van der Waals surface area contributed by atoms with Crippen LogP contribution in [0.1, 0.15) is 30.0 Å². The number of pyridine rings is 1. The maximum Gasteiger partial charge on any atom is 0.121 e. The van der Waals surface area contributed by atoms with Gasteiger partial charge in [0.05, 0.1) is 6.04 Å². The lowest BCUT2D eigenvalue weighted by Crippen LogP contribution is -2.27. The average Bonchev–Trinajstić information content (AvgIpc) is 3.12. The quantitative estimate of drug-likeness (QED) is 0.790. The fourth-order valence-corrected chi connectivity index (χ4v) is 3.67. The minimum Gasteiger partial charge on any atom is -0.508 e. The average molecular weight is 304 g/mol. The molecule has 0 saturated carbocycles. The van der Waals surface area contributed by atoms with Crippen LogP contribution in [0, 0.1) is 0 Å². The minimum absolute atomic E-state index is 0.0531. The summed E-state index contributed by atoms with van der Waals surface area (Å²) >= 11 is 0. The second-order valence-electron chi connectivity index (χ2n) is 6.15. The first-order valence-corrected chi connectivity index (χ1v) is 8.19. The van der Waals surface area contributed by atoms with Crippen LogP contribution in [-0.4, -0.2) is 28.1 Å². The highest BCUT2D eigenvalue weighted by atomic mass is 16.3. The molecule has 0 unspecified atom stereocenters. The van der Waals surface area contributed by atoms with Crippen molar-refractivity contribution >= 4 is 10.8 Å². The van der Waals surface area contributed by atoms with Gasteiger partial charge in [-0.3, -0.25) is 9.88 Å². The molecule has 1 atom stereocenters. The van der Waals surface area contributed by atoms with Gasteiger partial charge in [-0.1, -0.05) is 36.4 Å². The van der Waals surface area contributed by atoms with Crippen LogP contribution < -0.4 is 0 Å². The Hall–Kier alpha value is -2.39. The molecule has 4 rings (SSSR count). The topological polar surface area (TPSA) is 36.4 Å². The van der Waals surface area contributed by atoms with Crippen molar-refractivity contribution in [1.29, 1.82) is 0 Å². The summed E-state index contributed by atoms with van der Waals surface area (Å²) in [7, 11) is 0. The number of nitrogens with zero attached hydrogens (tertiary/aromatic N) is 2. The molecular weight excluding hydrogens is 284 g/mol. The van der Waals surface area contributed by atoms with Gasteiger partial charge in [-0.15, -0.1) is 0 Å². The van der Waals surface area contributed by atoms with Crippen LogP contribution in [0.25, 0.3) is 10.8 Å². The van der Waals surface area contributed by atoms with Crippen molar-refractivity contribution in [2.75, 3.05) is 13.1 Å². The Morgan fingerprint density at radius 1 is 0.957 bits per heavy atom. The maximum atomic E-state index is 10.7. The fraction of sp³-hybridized carbons (Fsp3) is 0.250. The molecule has 0 radical (unpaired) electrons. The predicted molar refractivity (Wildman–Crippen MR) is 92.5 cm³/mol. The normalized spacial score (nSPS) is 16.7. The third kappa shape index (κ3) is 2.57. The first-order valence-electron chi connectivity index (χ1n) is 8.19. The summed E-state index contributed by atoms with van der Waals surface area (Å²) in [6.45, 7) is 2.12. The Morgan fingerprint density at radius 3 is 2.57 bits per heavy atom. The van der Waals surface area contributed by atoms with Gasteiger partial charge in [0.2, 0.25) is 0 Å². The van der Waals surface area contributed by atoms with Gasteiger partial charge in [0.25, 0.3) is 0 Å². The van der Waals surface area contributed by atoms with E-state index in [1.54, 1.807) is 6.20 Å². The molecule has 0 amide bonds. The summed E-state index contributed by atoms with van der Waals surface area (Å²) < 4.78 is 0. The van der Waals surface area contributed by atoms with Crippen molar-refractivity contribution in [2.24, 2.45) is 0 Å². The van der Waals surface area contributed by atoms with Gasteiger partial charge in [-0.05, 0) is 54.4 Å². The second kappa shape index (κ2) is 6.01. The van der Waals surface area contributed by atoms with Gasteiger partial charge in [-0.2, -0.15) is 0 Å². The van der Waals surface area contributed by atoms with Crippen LogP contribution >= 0.6 is 0 Å². The third-order valence-corrected chi connectivity index (χ3v) is 4.73. The first kappa shape index (κ1) is 14.2. The van der Waals surface area contributed by atoms with E-state index in [1.165, 1.54) is 12.8 Å².